The van der Waals surface area contributed by atoms with Crippen molar-refractivity contribution in [3.8, 4) is 0 Å². The fourth-order valence-corrected chi connectivity index (χ4v) is 2.13. The molecule has 0 amide bonds. The van der Waals surface area contributed by atoms with Crippen molar-refractivity contribution >= 4 is 11.2 Å². The van der Waals surface area contributed by atoms with Crippen molar-refractivity contribution in [2.45, 2.75) is 19.4 Å². The van der Waals surface area contributed by atoms with Gasteiger partial charge in [0.15, 0.2) is 5.65 Å². The summed E-state index contributed by atoms with van der Waals surface area (Å²) in [6, 6.07) is 10.5. The van der Waals surface area contributed by atoms with Gasteiger partial charge in [0, 0.05) is 6.54 Å². The van der Waals surface area contributed by atoms with Gasteiger partial charge in [-0.3, -0.25) is 0 Å². The van der Waals surface area contributed by atoms with E-state index in [4.69, 9.17) is 0 Å². The summed E-state index contributed by atoms with van der Waals surface area (Å²) in [7, 11) is 0. The topological polar surface area (TPSA) is 43.6 Å². The van der Waals surface area contributed by atoms with Crippen LogP contribution in [0.25, 0.3) is 11.2 Å². The zero-order valence-corrected chi connectivity index (χ0v) is 10.2. The van der Waals surface area contributed by atoms with Crippen LogP contribution in [0.4, 0.5) is 0 Å². The molecule has 0 saturated carbocycles. The van der Waals surface area contributed by atoms with Crippen LogP contribution in [0.3, 0.4) is 0 Å². The van der Waals surface area contributed by atoms with Gasteiger partial charge in [0.2, 0.25) is 0 Å². The van der Waals surface area contributed by atoms with Gasteiger partial charge in [0.1, 0.15) is 11.8 Å². The minimum atomic E-state index is 0.429. The molecule has 90 valence electrons. The Morgan fingerprint density at radius 2 is 2.00 bits per heavy atom. The monoisotopic (exact) mass is 238 g/mol. The number of hydrogen-bond donors (Lipinski definition) is 0. The first kappa shape index (κ1) is 10.9. The lowest BCUT2D eigenvalue weighted by atomic mass is 10.0. The molecule has 1 aromatic carbocycles. The predicted octanol–water partition coefficient (Wildman–Crippen LogP) is 2.63. The van der Waals surface area contributed by atoms with Gasteiger partial charge in [-0.25, -0.2) is 15.0 Å². The summed E-state index contributed by atoms with van der Waals surface area (Å²) < 4.78 is 2.08. The van der Waals surface area contributed by atoms with Crippen LogP contribution in [-0.4, -0.2) is 19.5 Å². The fourth-order valence-electron chi connectivity index (χ4n) is 2.13. The Balaban J connectivity index is 1.89. The average Bonchev–Trinajstić information content (AvgIpc) is 2.83. The Morgan fingerprint density at radius 3 is 2.83 bits per heavy atom. The maximum Gasteiger partial charge on any atom is 0.163 e. The van der Waals surface area contributed by atoms with E-state index in [1.54, 1.807) is 12.5 Å². The second kappa shape index (κ2) is 4.56. The number of hydrogen-bond acceptors (Lipinski definition) is 3. The van der Waals surface area contributed by atoms with Crippen molar-refractivity contribution in [1.29, 1.82) is 0 Å². The number of benzene rings is 1. The Bertz CT molecular complexity index is 645. The van der Waals surface area contributed by atoms with Crippen LogP contribution in [0.2, 0.25) is 0 Å². The van der Waals surface area contributed by atoms with Crippen LogP contribution in [-0.2, 0) is 6.54 Å². The summed E-state index contributed by atoms with van der Waals surface area (Å²) in [5.41, 5.74) is 3.07. The number of nitrogens with zero attached hydrogens (tertiary/aromatic N) is 4. The molecule has 0 fully saturated rings. The lowest BCUT2D eigenvalue weighted by Crippen LogP contribution is -2.05. The fraction of sp³-hybridized carbons (Fsp3) is 0.214. The lowest BCUT2D eigenvalue weighted by molar-refractivity contribution is 0.606. The molecule has 4 heteroatoms. The van der Waals surface area contributed by atoms with Gasteiger partial charge in [-0.2, -0.15) is 0 Å². The molecule has 0 spiro atoms. The first-order valence-electron chi connectivity index (χ1n) is 6.00. The largest absolute Gasteiger partial charge is 0.315 e. The number of fused-ring (bicyclic) bond motifs is 1. The number of imidazole rings is 1. The molecule has 18 heavy (non-hydrogen) atoms. The van der Waals surface area contributed by atoms with Crippen LogP contribution < -0.4 is 0 Å². The Morgan fingerprint density at radius 1 is 1.17 bits per heavy atom. The third-order valence-corrected chi connectivity index (χ3v) is 3.12. The summed E-state index contributed by atoms with van der Waals surface area (Å²) >= 11 is 0. The predicted molar refractivity (Wildman–Crippen MR) is 70.2 cm³/mol. The summed E-state index contributed by atoms with van der Waals surface area (Å²) in [6.07, 6.45) is 5.14. The van der Waals surface area contributed by atoms with E-state index in [2.05, 4.69) is 50.7 Å². The van der Waals surface area contributed by atoms with E-state index in [9.17, 15) is 0 Å². The molecular formula is C14H14N4. The van der Waals surface area contributed by atoms with Crippen molar-refractivity contribution in [3.05, 3.63) is 54.7 Å². The molecule has 2 heterocycles. The third kappa shape index (κ3) is 1.97. The van der Waals surface area contributed by atoms with Crippen LogP contribution in [0.1, 0.15) is 18.4 Å². The highest BCUT2D eigenvalue weighted by molar-refractivity contribution is 5.68. The summed E-state index contributed by atoms with van der Waals surface area (Å²) in [5.74, 6) is 0.429. The van der Waals surface area contributed by atoms with E-state index in [-0.39, 0.29) is 0 Å². The van der Waals surface area contributed by atoms with E-state index in [1.807, 2.05) is 12.4 Å². The molecule has 3 aromatic rings. The Hall–Kier alpha value is -2.23. The second-order valence-electron chi connectivity index (χ2n) is 4.44. The summed E-state index contributed by atoms with van der Waals surface area (Å²) in [6.45, 7) is 3.08. The van der Waals surface area contributed by atoms with Gasteiger partial charge in [0.05, 0.1) is 12.5 Å². The Kier molecular flexibility index (Phi) is 2.76. The minimum Gasteiger partial charge on any atom is -0.315 e. The highest BCUT2D eigenvalue weighted by atomic mass is 15.1. The molecule has 0 aliphatic carbocycles. The van der Waals surface area contributed by atoms with Gasteiger partial charge < -0.3 is 4.57 Å². The molecule has 0 aliphatic heterocycles. The van der Waals surface area contributed by atoms with Gasteiger partial charge in [0.25, 0.3) is 0 Å². The normalized spacial score (nSPS) is 12.7. The van der Waals surface area contributed by atoms with Crippen molar-refractivity contribution in [3.63, 3.8) is 0 Å². The van der Waals surface area contributed by atoms with E-state index < -0.39 is 0 Å². The SMILES string of the molecule is CC(Cn1cnc2cncnc21)c1ccccc1. The first-order valence-corrected chi connectivity index (χ1v) is 6.00. The smallest absolute Gasteiger partial charge is 0.163 e. The zero-order valence-electron chi connectivity index (χ0n) is 10.2. The quantitative estimate of drug-likeness (QED) is 0.704. The van der Waals surface area contributed by atoms with Crippen molar-refractivity contribution in [1.82, 2.24) is 19.5 Å². The zero-order chi connectivity index (χ0) is 12.4. The van der Waals surface area contributed by atoms with E-state index >= 15 is 0 Å². The summed E-state index contributed by atoms with van der Waals surface area (Å²) in [4.78, 5) is 12.6. The molecule has 0 aliphatic rings. The number of rotatable bonds is 3. The van der Waals surface area contributed by atoms with Gasteiger partial charge in [-0.05, 0) is 11.5 Å². The van der Waals surface area contributed by atoms with Crippen LogP contribution in [0.15, 0.2) is 49.2 Å². The van der Waals surface area contributed by atoms with Crippen LogP contribution in [0, 0.1) is 0 Å². The van der Waals surface area contributed by atoms with Gasteiger partial charge in [-0.1, -0.05) is 37.3 Å². The summed E-state index contributed by atoms with van der Waals surface area (Å²) in [5, 5.41) is 0. The molecule has 1 atom stereocenters. The molecule has 1 unspecified atom stereocenters. The second-order valence-corrected chi connectivity index (χ2v) is 4.44. The lowest BCUT2D eigenvalue weighted by Gasteiger charge is -2.12. The molecule has 0 radical (unpaired) electrons. The first-order chi connectivity index (χ1) is 8.84. The maximum atomic E-state index is 4.30. The molecule has 4 nitrogen and oxygen atoms in total. The minimum absolute atomic E-state index is 0.429. The molecule has 0 bridgehead atoms. The van der Waals surface area contributed by atoms with Crippen molar-refractivity contribution in [2.75, 3.05) is 0 Å². The molecule has 3 rings (SSSR count). The van der Waals surface area contributed by atoms with Crippen LogP contribution >= 0.6 is 0 Å². The van der Waals surface area contributed by atoms with Gasteiger partial charge in [-0.15, -0.1) is 0 Å². The van der Waals surface area contributed by atoms with Gasteiger partial charge >= 0.3 is 0 Å². The van der Waals surface area contributed by atoms with E-state index in [0.717, 1.165) is 17.7 Å². The standard InChI is InChI=1S/C14H14N4/c1-11(12-5-3-2-4-6-12)8-18-10-17-13-7-15-9-16-14(13)18/h2-7,9-11H,8H2,1H3. The molecule has 2 aromatic heterocycles. The van der Waals surface area contributed by atoms with Crippen molar-refractivity contribution < 1.29 is 0 Å². The van der Waals surface area contributed by atoms with Crippen molar-refractivity contribution in [2.24, 2.45) is 0 Å². The molecular weight excluding hydrogens is 224 g/mol. The van der Waals surface area contributed by atoms with E-state index in [1.165, 1.54) is 5.56 Å². The molecule has 0 saturated heterocycles. The highest BCUT2D eigenvalue weighted by Gasteiger charge is 2.09. The highest BCUT2D eigenvalue weighted by Crippen LogP contribution is 2.18. The average molecular weight is 238 g/mol. The van der Waals surface area contributed by atoms with Crippen LogP contribution in [0.5, 0.6) is 0 Å². The maximum absolute atomic E-state index is 4.30. The van der Waals surface area contributed by atoms with E-state index in [0.29, 0.717) is 5.92 Å². The molecule has 0 N–H and O–H groups in total. The Labute approximate surface area is 105 Å². The third-order valence-electron chi connectivity index (χ3n) is 3.12. The number of aromatic nitrogens is 4.